The molecule has 2 atom stereocenters. The van der Waals surface area contributed by atoms with E-state index >= 15 is 0 Å². The van der Waals surface area contributed by atoms with Crippen LogP contribution in [0.2, 0.25) is 0 Å². The highest BCUT2D eigenvalue weighted by Gasteiger charge is 2.35. The predicted molar refractivity (Wildman–Crippen MR) is 58.2 cm³/mol. The highest BCUT2D eigenvalue weighted by molar-refractivity contribution is 5.73. The lowest BCUT2D eigenvalue weighted by Crippen LogP contribution is -2.32. The van der Waals surface area contributed by atoms with E-state index in [1.807, 2.05) is 30.3 Å². The zero-order chi connectivity index (χ0) is 11.5. The Hall–Kier alpha value is -1.39. The number of benzene rings is 1. The van der Waals surface area contributed by atoms with Gasteiger partial charge in [0.2, 0.25) is 0 Å². The SMILES string of the molecule is O=C(O)C1CC(Cc2ccccc2)CN1O. The van der Waals surface area contributed by atoms with Crippen LogP contribution in [0.1, 0.15) is 12.0 Å². The quantitative estimate of drug-likeness (QED) is 0.809. The van der Waals surface area contributed by atoms with Crippen LogP contribution < -0.4 is 0 Å². The number of carboxylic acid groups (broad SMARTS) is 1. The lowest BCUT2D eigenvalue weighted by atomic mass is 9.97. The van der Waals surface area contributed by atoms with Crippen molar-refractivity contribution in [3.05, 3.63) is 35.9 Å². The molecular weight excluding hydrogens is 206 g/mol. The molecule has 4 nitrogen and oxygen atoms in total. The predicted octanol–water partition coefficient (Wildman–Crippen LogP) is 1.39. The van der Waals surface area contributed by atoms with Gasteiger partial charge in [-0.15, -0.1) is 0 Å². The molecule has 1 saturated heterocycles. The number of carbonyl (C=O) groups is 1. The molecule has 0 bridgehead atoms. The van der Waals surface area contributed by atoms with Crippen LogP contribution in [0.4, 0.5) is 0 Å². The second-order valence-corrected chi connectivity index (χ2v) is 4.27. The summed E-state index contributed by atoms with van der Waals surface area (Å²) in [7, 11) is 0. The van der Waals surface area contributed by atoms with E-state index in [0.29, 0.717) is 13.0 Å². The number of hydrogen-bond donors (Lipinski definition) is 2. The monoisotopic (exact) mass is 221 g/mol. The van der Waals surface area contributed by atoms with Crippen molar-refractivity contribution in [1.29, 1.82) is 0 Å². The van der Waals surface area contributed by atoms with Gasteiger partial charge in [0, 0.05) is 6.54 Å². The van der Waals surface area contributed by atoms with Crippen LogP contribution in [0.25, 0.3) is 0 Å². The first kappa shape index (κ1) is 11.1. The van der Waals surface area contributed by atoms with E-state index in [0.717, 1.165) is 11.5 Å². The van der Waals surface area contributed by atoms with Gasteiger partial charge in [0.25, 0.3) is 0 Å². The third-order valence-electron chi connectivity index (χ3n) is 3.01. The largest absolute Gasteiger partial charge is 0.480 e. The van der Waals surface area contributed by atoms with Crippen molar-refractivity contribution >= 4 is 5.97 Å². The molecule has 2 N–H and O–H groups in total. The van der Waals surface area contributed by atoms with Gasteiger partial charge in [-0.05, 0) is 24.3 Å². The summed E-state index contributed by atoms with van der Waals surface area (Å²) in [5, 5.41) is 19.3. The van der Waals surface area contributed by atoms with Crippen LogP contribution in [-0.4, -0.2) is 33.9 Å². The molecule has 86 valence electrons. The number of carboxylic acids is 1. The molecule has 1 aliphatic heterocycles. The summed E-state index contributed by atoms with van der Waals surface area (Å²) in [4.78, 5) is 10.8. The standard InChI is InChI=1S/C12H15NO3/c14-12(15)11-7-10(8-13(11)16)6-9-4-2-1-3-5-9/h1-5,10-11,16H,6-8H2,(H,14,15). The van der Waals surface area contributed by atoms with E-state index in [4.69, 9.17) is 5.11 Å². The van der Waals surface area contributed by atoms with Gasteiger partial charge in [-0.2, -0.15) is 5.06 Å². The molecule has 0 amide bonds. The minimum Gasteiger partial charge on any atom is -0.480 e. The van der Waals surface area contributed by atoms with E-state index in [1.165, 1.54) is 5.56 Å². The third kappa shape index (κ3) is 2.40. The second-order valence-electron chi connectivity index (χ2n) is 4.27. The lowest BCUT2D eigenvalue weighted by Gasteiger charge is -2.11. The summed E-state index contributed by atoms with van der Waals surface area (Å²) in [6.07, 6.45) is 1.34. The highest BCUT2D eigenvalue weighted by Crippen LogP contribution is 2.24. The zero-order valence-corrected chi connectivity index (χ0v) is 8.91. The van der Waals surface area contributed by atoms with Gasteiger partial charge in [0.05, 0.1) is 0 Å². The zero-order valence-electron chi connectivity index (χ0n) is 8.91. The van der Waals surface area contributed by atoms with E-state index in [9.17, 15) is 10.0 Å². The molecular formula is C12H15NO3. The summed E-state index contributed by atoms with van der Waals surface area (Å²) < 4.78 is 0. The number of nitrogens with zero attached hydrogens (tertiary/aromatic N) is 1. The average molecular weight is 221 g/mol. The second kappa shape index (κ2) is 4.63. The number of rotatable bonds is 3. The Morgan fingerprint density at radius 3 is 2.62 bits per heavy atom. The first-order valence-corrected chi connectivity index (χ1v) is 5.39. The highest BCUT2D eigenvalue weighted by atomic mass is 16.5. The van der Waals surface area contributed by atoms with Crippen LogP contribution in [0, 0.1) is 5.92 Å². The van der Waals surface area contributed by atoms with Gasteiger partial charge in [-0.25, -0.2) is 0 Å². The van der Waals surface area contributed by atoms with Crippen LogP contribution in [0.3, 0.4) is 0 Å². The van der Waals surface area contributed by atoms with E-state index in [-0.39, 0.29) is 5.92 Å². The maximum atomic E-state index is 10.8. The molecule has 0 saturated carbocycles. The summed E-state index contributed by atoms with van der Waals surface area (Å²) in [6, 6.07) is 9.20. The Morgan fingerprint density at radius 2 is 2.06 bits per heavy atom. The molecule has 4 heteroatoms. The Morgan fingerprint density at radius 1 is 1.38 bits per heavy atom. The Bertz CT molecular complexity index is 366. The average Bonchev–Trinajstić information content (AvgIpc) is 2.61. The number of hydrogen-bond acceptors (Lipinski definition) is 3. The Kier molecular flexibility index (Phi) is 3.22. The fraction of sp³-hybridized carbons (Fsp3) is 0.417. The van der Waals surface area contributed by atoms with Gasteiger partial charge in [-0.1, -0.05) is 30.3 Å². The van der Waals surface area contributed by atoms with Crippen molar-refractivity contribution in [1.82, 2.24) is 5.06 Å². The molecule has 1 aromatic carbocycles. The Balaban J connectivity index is 1.96. The fourth-order valence-electron chi connectivity index (χ4n) is 2.23. The normalized spacial score (nSPS) is 25.8. The molecule has 0 radical (unpaired) electrons. The molecule has 1 fully saturated rings. The first-order valence-electron chi connectivity index (χ1n) is 5.39. The minimum absolute atomic E-state index is 0.216. The van der Waals surface area contributed by atoms with E-state index in [1.54, 1.807) is 0 Å². The summed E-state index contributed by atoms with van der Waals surface area (Å²) in [5.74, 6) is -0.730. The smallest absolute Gasteiger partial charge is 0.323 e. The van der Waals surface area contributed by atoms with Crippen molar-refractivity contribution in [3.8, 4) is 0 Å². The van der Waals surface area contributed by atoms with Crippen LogP contribution in [0.15, 0.2) is 30.3 Å². The topological polar surface area (TPSA) is 60.8 Å². The molecule has 2 rings (SSSR count). The minimum atomic E-state index is -0.946. The number of hydroxylamine groups is 2. The lowest BCUT2D eigenvalue weighted by molar-refractivity contribution is -0.161. The van der Waals surface area contributed by atoms with E-state index in [2.05, 4.69) is 0 Å². The van der Waals surface area contributed by atoms with Gasteiger partial charge >= 0.3 is 5.97 Å². The third-order valence-corrected chi connectivity index (χ3v) is 3.01. The summed E-state index contributed by atoms with van der Waals surface area (Å²) >= 11 is 0. The van der Waals surface area contributed by atoms with Crippen molar-refractivity contribution in [2.24, 2.45) is 5.92 Å². The maximum absolute atomic E-state index is 10.8. The number of aliphatic carboxylic acids is 1. The van der Waals surface area contributed by atoms with Gasteiger partial charge in [-0.3, -0.25) is 4.79 Å². The summed E-state index contributed by atoms with van der Waals surface area (Å²) in [5.41, 5.74) is 1.19. The molecule has 1 aliphatic rings. The molecule has 0 aliphatic carbocycles. The van der Waals surface area contributed by atoms with Crippen molar-refractivity contribution in [3.63, 3.8) is 0 Å². The molecule has 1 aromatic rings. The maximum Gasteiger partial charge on any atom is 0.323 e. The molecule has 16 heavy (non-hydrogen) atoms. The van der Waals surface area contributed by atoms with Gasteiger partial charge < -0.3 is 10.3 Å². The molecule has 0 aromatic heterocycles. The van der Waals surface area contributed by atoms with Crippen molar-refractivity contribution in [2.75, 3.05) is 6.54 Å². The van der Waals surface area contributed by atoms with Crippen LogP contribution in [0.5, 0.6) is 0 Å². The molecule has 0 spiro atoms. The van der Waals surface area contributed by atoms with E-state index < -0.39 is 12.0 Å². The fourth-order valence-corrected chi connectivity index (χ4v) is 2.23. The van der Waals surface area contributed by atoms with Gasteiger partial charge in [0.15, 0.2) is 0 Å². The first-order chi connectivity index (χ1) is 7.66. The summed E-state index contributed by atoms with van der Waals surface area (Å²) in [6.45, 7) is 0.436. The molecule has 1 heterocycles. The van der Waals surface area contributed by atoms with Crippen LogP contribution >= 0.6 is 0 Å². The Labute approximate surface area is 94.1 Å². The van der Waals surface area contributed by atoms with Crippen molar-refractivity contribution < 1.29 is 15.1 Å². The van der Waals surface area contributed by atoms with Crippen molar-refractivity contribution in [2.45, 2.75) is 18.9 Å². The van der Waals surface area contributed by atoms with Gasteiger partial charge in [0.1, 0.15) is 6.04 Å². The molecule has 2 unspecified atom stereocenters. The van der Waals surface area contributed by atoms with Crippen LogP contribution in [-0.2, 0) is 11.2 Å².